The smallest absolute Gasteiger partial charge is 0.256 e. The Bertz CT molecular complexity index is 1050. The number of hydrogen-bond donors (Lipinski definition) is 1. The lowest BCUT2D eigenvalue weighted by Gasteiger charge is -2.36. The third-order valence-electron chi connectivity index (χ3n) is 5.64. The second-order valence-corrected chi connectivity index (χ2v) is 7.75. The van der Waals surface area contributed by atoms with Crippen molar-refractivity contribution < 1.29 is 22.8 Å². The number of carbonyl (C=O) groups excluding carboxylic acids is 1. The number of hydrogen-bond acceptors (Lipinski definition) is 6. The van der Waals surface area contributed by atoms with Gasteiger partial charge in [0.05, 0.1) is 5.69 Å². The molecule has 9 heteroatoms. The van der Waals surface area contributed by atoms with E-state index in [0.29, 0.717) is 23.5 Å². The molecule has 3 aromatic rings. The number of halogens is 2. The summed E-state index contributed by atoms with van der Waals surface area (Å²) in [6, 6.07) is 13.6. The van der Waals surface area contributed by atoms with Crippen LogP contribution in [-0.2, 0) is 0 Å². The number of aromatic nitrogens is 1. The van der Waals surface area contributed by atoms with Crippen molar-refractivity contribution >= 4 is 11.6 Å². The van der Waals surface area contributed by atoms with Crippen molar-refractivity contribution in [3.8, 4) is 17.0 Å². The van der Waals surface area contributed by atoms with Crippen LogP contribution in [0.3, 0.4) is 0 Å². The van der Waals surface area contributed by atoms with Crippen molar-refractivity contribution in [2.75, 3.05) is 51.0 Å². The molecule has 0 spiro atoms. The van der Waals surface area contributed by atoms with E-state index >= 15 is 0 Å². The van der Waals surface area contributed by atoms with Gasteiger partial charge in [0.15, 0.2) is 0 Å². The topological polar surface area (TPSA) is 70.8 Å². The lowest BCUT2D eigenvalue weighted by molar-refractivity contribution is 0.0951. The van der Waals surface area contributed by atoms with Crippen LogP contribution in [0, 0.1) is 5.82 Å². The first-order valence-electron chi connectivity index (χ1n) is 10.9. The van der Waals surface area contributed by atoms with Gasteiger partial charge in [-0.15, -0.1) is 0 Å². The Morgan fingerprint density at radius 2 is 1.91 bits per heavy atom. The molecule has 1 fully saturated rings. The van der Waals surface area contributed by atoms with Crippen LogP contribution in [0.1, 0.15) is 16.8 Å². The molecule has 7 nitrogen and oxygen atoms in total. The van der Waals surface area contributed by atoms with Gasteiger partial charge in [-0.2, -0.15) is 0 Å². The summed E-state index contributed by atoms with van der Waals surface area (Å²) >= 11 is 0. The van der Waals surface area contributed by atoms with Crippen molar-refractivity contribution in [1.29, 1.82) is 0 Å². The Morgan fingerprint density at radius 1 is 1.12 bits per heavy atom. The summed E-state index contributed by atoms with van der Waals surface area (Å²) in [6.45, 7) is 3.44. The Labute approximate surface area is 190 Å². The Hall–Kier alpha value is -3.46. The van der Waals surface area contributed by atoms with Crippen molar-refractivity contribution in [2.24, 2.45) is 0 Å². The van der Waals surface area contributed by atoms with Crippen LogP contribution in [0.25, 0.3) is 11.3 Å². The largest absolute Gasteiger partial charge is 0.461 e. The molecule has 0 bridgehead atoms. The number of piperazine rings is 1. The normalized spacial score (nSPS) is 14.3. The van der Waals surface area contributed by atoms with Gasteiger partial charge in [0.1, 0.15) is 29.1 Å². The number of anilines is 1. The van der Waals surface area contributed by atoms with E-state index in [2.05, 4.69) is 20.3 Å². The molecule has 0 saturated carbocycles. The SMILES string of the molecule is O=C(NCCCN1CCN(c2ccc(F)cc2OCF)CC1)c1conc1-c1ccccc1. The van der Waals surface area contributed by atoms with E-state index in [4.69, 9.17) is 9.26 Å². The van der Waals surface area contributed by atoms with Crippen molar-refractivity contribution in [2.45, 2.75) is 6.42 Å². The fraction of sp³-hybridized carbons (Fsp3) is 0.333. The van der Waals surface area contributed by atoms with E-state index in [1.165, 1.54) is 18.4 Å². The molecule has 0 unspecified atom stereocenters. The van der Waals surface area contributed by atoms with E-state index in [0.717, 1.165) is 44.7 Å². The lowest BCUT2D eigenvalue weighted by Crippen LogP contribution is -2.47. The van der Waals surface area contributed by atoms with Crippen LogP contribution in [0.5, 0.6) is 5.75 Å². The summed E-state index contributed by atoms with van der Waals surface area (Å²) in [7, 11) is 0. The summed E-state index contributed by atoms with van der Waals surface area (Å²) in [6.07, 6.45) is 2.16. The second kappa shape index (κ2) is 10.9. The molecule has 174 valence electrons. The zero-order valence-electron chi connectivity index (χ0n) is 18.2. The minimum atomic E-state index is -0.996. The molecule has 0 aliphatic carbocycles. The quantitative estimate of drug-likeness (QED) is 0.495. The first kappa shape index (κ1) is 22.7. The first-order valence-corrected chi connectivity index (χ1v) is 10.9. The van der Waals surface area contributed by atoms with Gasteiger partial charge in [-0.1, -0.05) is 35.5 Å². The van der Waals surface area contributed by atoms with Gasteiger partial charge in [0.25, 0.3) is 5.91 Å². The Balaban J connectivity index is 1.22. The number of nitrogens with zero attached hydrogens (tertiary/aromatic N) is 3. The molecule has 1 amide bonds. The first-order chi connectivity index (χ1) is 16.2. The van der Waals surface area contributed by atoms with Crippen LogP contribution in [0.2, 0.25) is 0 Å². The van der Waals surface area contributed by atoms with Crippen molar-refractivity contribution in [1.82, 2.24) is 15.4 Å². The molecule has 1 N–H and O–H groups in total. The summed E-state index contributed by atoms with van der Waals surface area (Å²) in [5.74, 6) is -0.445. The van der Waals surface area contributed by atoms with Crippen LogP contribution in [-0.4, -0.2) is 62.1 Å². The van der Waals surface area contributed by atoms with Crippen LogP contribution < -0.4 is 15.0 Å². The minimum absolute atomic E-state index is 0.211. The van der Waals surface area contributed by atoms with Crippen LogP contribution in [0.4, 0.5) is 14.5 Å². The molecular formula is C24H26F2N4O3. The highest BCUT2D eigenvalue weighted by Gasteiger charge is 2.21. The van der Waals surface area contributed by atoms with Gasteiger partial charge in [-0.25, -0.2) is 8.78 Å². The fourth-order valence-corrected chi connectivity index (χ4v) is 3.94. The lowest BCUT2D eigenvalue weighted by atomic mass is 10.1. The molecule has 1 saturated heterocycles. The summed E-state index contributed by atoms with van der Waals surface area (Å²) in [5, 5.41) is 6.90. The van der Waals surface area contributed by atoms with E-state index in [-0.39, 0.29) is 11.7 Å². The number of ether oxygens (including phenoxy) is 1. The predicted molar refractivity (Wildman–Crippen MR) is 121 cm³/mol. The molecular weight excluding hydrogens is 430 g/mol. The number of rotatable bonds is 9. The number of amides is 1. The molecule has 1 aliphatic heterocycles. The van der Waals surface area contributed by atoms with Gasteiger partial charge in [-0.05, 0) is 25.1 Å². The average Bonchev–Trinajstić information content (AvgIpc) is 3.33. The maximum Gasteiger partial charge on any atom is 0.256 e. The van der Waals surface area contributed by atoms with E-state index in [1.807, 2.05) is 30.3 Å². The van der Waals surface area contributed by atoms with Crippen molar-refractivity contribution in [3.63, 3.8) is 0 Å². The maximum atomic E-state index is 13.5. The third kappa shape index (κ3) is 5.67. The van der Waals surface area contributed by atoms with Gasteiger partial charge < -0.3 is 19.5 Å². The van der Waals surface area contributed by atoms with Gasteiger partial charge in [0, 0.05) is 44.4 Å². The van der Waals surface area contributed by atoms with E-state index in [9.17, 15) is 13.6 Å². The number of carbonyl (C=O) groups is 1. The molecule has 2 heterocycles. The van der Waals surface area contributed by atoms with Gasteiger partial charge >= 0.3 is 0 Å². The zero-order chi connectivity index (χ0) is 23.0. The Morgan fingerprint density at radius 3 is 2.67 bits per heavy atom. The summed E-state index contributed by atoms with van der Waals surface area (Å²) in [4.78, 5) is 16.9. The average molecular weight is 456 g/mol. The number of nitrogens with one attached hydrogen (secondary N) is 1. The molecule has 0 radical (unpaired) electrons. The summed E-state index contributed by atoms with van der Waals surface area (Å²) in [5.41, 5.74) is 2.47. The highest BCUT2D eigenvalue weighted by Crippen LogP contribution is 2.30. The van der Waals surface area contributed by atoms with E-state index in [1.54, 1.807) is 6.07 Å². The van der Waals surface area contributed by atoms with Crippen LogP contribution >= 0.6 is 0 Å². The van der Waals surface area contributed by atoms with Crippen LogP contribution in [0.15, 0.2) is 59.3 Å². The predicted octanol–water partition coefficient (Wildman–Crippen LogP) is 3.73. The second-order valence-electron chi connectivity index (χ2n) is 7.75. The fourth-order valence-electron chi connectivity index (χ4n) is 3.94. The highest BCUT2D eigenvalue weighted by atomic mass is 19.1. The van der Waals surface area contributed by atoms with E-state index < -0.39 is 12.7 Å². The van der Waals surface area contributed by atoms with Crippen molar-refractivity contribution in [3.05, 3.63) is 66.2 Å². The molecule has 1 aromatic heterocycles. The van der Waals surface area contributed by atoms with Gasteiger partial charge in [0.2, 0.25) is 6.86 Å². The standard InChI is InChI=1S/C24H26F2N4O3/c25-17-32-22-15-19(26)7-8-21(22)30-13-11-29(12-14-30)10-4-9-27-24(31)20-16-33-28-23(20)18-5-2-1-3-6-18/h1-3,5-8,15-16H,4,9-14,17H2,(H,27,31). The number of benzene rings is 2. The summed E-state index contributed by atoms with van der Waals surface area (Å²) < 4.78 is 36.1. The number of alkyl halides is 1. The molecule has 4 rings (SSSR count). The highest BCUT2D eigenvalue weighted by molar-refractivity contribution is 5.99. The third-order valence-corrected chi connectivity index (χ3v) is 5.64. The maximum absolute atomic E-state index is 13.5. The Kier molecular flexibility index (Phi) is 7.51. The minimum Gasteiger partial charge on any atom is -0.461 e. The zero-order valence-corrected chi connectivity index (χ0v) is 18.2. The molecule has 2 aromatic carbocycles. The monoisotopic (exact) mass is 456 g/mol. The molecule has 1 aliphatic rings. The molecule has 0 atom stereocenters. The van der Waals surface area contributed by atoms with Gasteiger partial charge in [-0.3, -0.25) is 9.69 Å². The molecule has 33 heavy (non-hydrogen) atoms.